The standard InChI is InChI=1S/C21H32O3/c1-12(22)15-4-5-16-19-17(7-9-21(15,16)3)20(2)8-6-14(23)10-13(20)11-18(19)24/h11,14-19,23-24H,4-10H2,1-3H3/t14?,15-,16+,17+,18-,19+,20+,21-/m1/s1. The maximum atomic E-state index is 12.2. The van der Waals surface area contributed by atoms with Crippen molar-refractivity contribution in [2.75, 3.05) is 0 Å². The molecule has 24 heavy (non-hydrogen) atoms. The molecule has 3 nitrogen and oxygen atoms in total. The number of hydrogen-bond donors (Lipinski definition) is 2. The van der Waals surface area contributed by atoms with Crippen LogP contribution in [0.3, 0.4) is 0 Å². The van der Waals surface area contributed by atoms with Gasteiger partial charge in [-0.1, -0.05) is 25.5 Å². The first-order valence-electron chi connectivity index (χ1n) is 9.85. The second kappa shape index (κ2) is 5.41. The molecular weight excluding hydrogens is 300 g/mol. The third-order valence-electron chi connectivity index (χ3n) is 8.59. The Morgan fingerprint density at radius 3 is 2.54 bits per heavy atom. The largest absolute Gasteiger partial charge is 0.393 e. The summed E-state index contributed by atoms with van der Waals surface area (Å²) in [4.78, 5) is 12.2. The van der Waals surface area contributed by atoms with E-state index in [9.17, 15) is 15.0 Å². The van der Waals surface area contributed by atoms with Gasteiger partial charge in [0.1, 0.15) is 5.78 Å². The van der Waals surface area contributed by atoms with Crippen LogP contribution >= 0.6 is 0 Å². The number of aliphatic hydroxyl groups is 2. The van der Waals surface area contributed by atoms with Crippen LogP contribution in [0.25, 0.3) is 0 Å². The Morgan fingerprint density at radius 2 is 1.83 bits per heavy atom. The van der Waals surface area contributed by atoms with Gasteiger partial charge in [-0.2, -0.15) is 0 Å². The smallest absolute Gasteiger partial charge is 0.133 e. The van der Waals surface area contributed by atoms with Crippen molar-refractivity contribution in [3.63, 3.8) is 0 Å². The summed E-state index contributed by atoms with van der Waals surface area (Å²) in [7, 11) is 0. The number of rotatable bonds is 1. The van der Waals surface area contributed by atoms with Gasteiger partial charge in [-0.25, -0.2) is 0 Å². The van der Waals surface area contributed by atoms with Gasteiger partial charge in [-0.3, -0.25) is 4.79 Å². The van der Waals surface area contributed by atoms with Crippen molar-refractivity contribution in [2.45, 2.75) is 77.9 Å². The lowest BCUT2D eigenvalue weighted by molar-refractivity contribution is -0.130. The number of ketones is 1. The molecule has 2 N–H and O–H groups in total. The summed E-state index contributed by atoms with van der Waals surface area (Å²) >= 11 is 0. The summed E-state index contributed by atoms with van der Waals surface area (Å²) in [6.45, 7) is 6.43. The van der Waals surface area contributed by atoms with Crippen molar-refractivity contribution >= 4 is 5.78 Å². The zero-order valence-electron chi connectivity index (χ0n) is 15.3. The van der Waals surface area contributed by atoms with Gasteiger partial charge in [-0.15, -0.1) is 0 Å². The molecule has 4 rings (SSSR count). The molecule has 0 aromatic rings. The topological polar surface area (TPSA) is 57.5 Å². The fourth-order valence-corrected chi connectivity index (χ4v) is 7.30. The van der Waals surface area contributed by atoms with Gasteiger partial charge in [0.25, 0.3) is 0 Å². The van der Waals surface area contributed by atoms with E-state index < -0.39 is 6.10 Å². The van der Waals surface area contributed by atoms with Gasteiger partial charge < -0.3 is 10.2 Å². The SMILES string of the molecule is CC(=O)[C@H]1CC[C@H]2[C@@H]3[C@H](O)C=C4CC(O)CC[C@]4(C)[C@H]3CC[C@]12C. The second-order valence-corrected chi connectivity index (χ2v) is 9.57. The molecule has 4 aliphatic rings. The highest BCUT2D eigenvalue weighted by atomic mass is 16.3. The van der Waals surface area contributed by atoms with E-state index in [0.717, 1.165) is 44.9 Å². The van der Waals surface area contributed by atoms with Crippen molar-refractivity contribution < 1.29 is 15.0 Å². The lowest BCUT2D eigenvalue weighted by Gasteiger charge is -2.59. The maximum absolute atomic E-state index is 12.2. The molecule has 0 aromatic carbocycles. The van der Waals surface area contributed by atoms with Crippen LogP contribution in [0.1, 0.15) is 65.7 Å². The Kier molecular flexibility index (Phi) is 3.78. The molecule has 0 aliphatic heterocycles. The molecule has 0 amide bonds. The van der Waals surface area contributed by atoms with Crippen molar-refractivity contribution in [1.82, 2.24) is 0 Å². The van der Waals surface area contributed by atoms with Crippen LogP contribution in [0.5, 0.6) is 0 Å². The Hall–Kier alpha value is -0.670. The Bertz CT molecular complexity index is 582. The van der Waals surface area contributed by atoms with Crippen molar-refractivity contribution in [2.24, 2.45) is 34.5 Å². The molecule has 3 fully saturated rings. The van der Waals surface area contributed by atoms with Crippen LogP contribution in [0.2, 0.25) is 0 Å². The van der Waals surface area contributed by atoms with E-state index >= 15 is 0 Å². The number of fused-ring (bicyclic) bond motifs is 5. The summed E-state index contributed by atoms with van der Waals surface area (Å²) in [6.07, 6.45) is 8.39. The molecule has 0 aromatic heterocycles. The van der Waals surface area contributed by atoms with E-state index in [2.05, 4.69) is 19.9 Å². The number of hydrogen-bond acceptors (Lipinski definition) is 3. The molecule has 0 bridgehead atoms. The highest BCUT2D eigenvalue weighted by Gasteiger charge is 2.61. The second-order valence-electron chi connectivity index (χ2n) is 9.57. The van der Waals surface area contributed by atoms with E-state index in [4.69, 9.17) is 0 Å². The van der Waals surface area contributed by atoms with E-state index in [-0.39, 0.29) is 28.8 Å². The van der Waals surface area contributed by atoms with Gasteiger partial charge in [0.2, 0.25) is 0 Å². The zero-order valence-corrected chi connectivity index (χ0v) is 15.3. The summed E-state index contributed by atoms with van der Waals surface area (Å²) in [6, 6.07) is 0. The molecule has 0 spiro atoms. The Morgan fingerprint density at radius 1 is 1.08 bits per heavy atom. The number of aliphatic hydroxyl groups excluding tert-OH is 2. The van der Waals surface area contributed by atoms with Crippen LogP contribution in [0, 0.1) is 34.5 Å². The van der Waals surface area contributed by atoms with Gasteiger partial charge in [0.15, 0.2) is 0 Å². The monoisotopic (exact) mass is 332 g/mol. The molecule has 4 aliphatic carbocycles. The number of carbonyl (C=O) groups excluding carboxylic acids is 1. The van der Waals surface area contributed by atoms with E-state index in [1.54, 1.807) is 6.92 Å². The molecule has 134 valence electrons. The van der Waals surface area contributed by atoms with Gasteiger partial charge in [0, 0.05) is 5.92 Å². The predicted molar refractivity (Wildman–Crippen MR) is 93.3 cm³/mol. The van der Waals surface area contributed by atoms with Crippen LogP contribution in [0.4, 0.5) is 0 Å². The maximum Gasteiger partial charge on any atom is 0.133 e. The van der Waals surface area contributed by atoms with E-state index in [0.29, 0.717) is 17.6 Å². The Balaban J connectivity index is 1.71. The van der Waals surface area contributed by atoms with Crippen LogP contribution in [0.15, 0.2) is 11.6 Å². The molecule has 8 atom stereocenters. The van der Waals surface area contributed by atoms with Crippen molar-refractivity contribution in [3.8, 4) is 0 Å². The van der Waals surface area contributed by atoms with E-state index in [1.807, 2.05) is 0 Å². The third-order valence-corrected chi connectivity index (χ3v) is 8.59. The predicted octanol–water partition coefficient (Wildman–Crippen LogP) is 3.49. The zero-order chi connectivity index (χ0) is 17.3. The number of carbonyl (C=O) groups is 1. The van der Waals surface area contributed by atoms with Crippen molar-refractivity contribution in [1.29, 1.82) is 0 Å². The Labute approximate surface area is 145 Å². The molecule has 3 heteroatoms. The first-order valence-corrected chi connectivity index (χ1v) is 9.85. The summed E-state index contributed by atoms with van der Waals surface area (Å²) in [5, 5.41) is 21.1. The molecule has 0 radical (unpaired) electrons. The summed E-state index contributed by atoms with van der Waals surface area (Å²) in [5.74, 6) is 1.77. The summed E-state index contributed by atoms with van der Waals surface area (Å²) in [5.41, 5.74) is 1.50. The highest BCUT2D eigenvalue weighted by molar-refractivity contribution is 5.79. The fraction of sp³-hybridized carbons (Fsp3) is 0.857. The minimum absolute atomic E-state index is 0.0733. The van der Waals surface area contributed by atoms with Crippen LogP contribution in [-0.2, 0) is 4.79 Å². The minimum atomic E-state index is -0.404. The highest BCUT2D eigenvalue weighted by Crippen LogP contribution is 2.66. The molecule has 0 heterocycles. The van der Waals surface area contributed by atoms with Crippen LogP contribution < -0.4 is 0 Å². The normalized spacial score (nSPS) is 53.6. The molecular formula is C21H32O3. The van der Waals surface area contributed by atoms with Crippen LogP contribution in [-0.4, -0.2) is 28.2 Å². The van der Waals surface area contributed by atoms with Crippen molar-refractivity contribution in [3.05, 3.63) is 11.6 Å². The lowest BCUT2D eigenvalue weighted by Crippen LogP contribution is -2.55. The minimum Gasteiger partial charge on any atom is -0.393 e. The lowest BCUT2D eigenvalue weighted by atomic mass is 9.46. The molecule has 3 saturated carbocycles. The quantitative estimate of drug-likeness (QED) is 0.723. The van der Waals surface area contributed by atoms with Gasteiger partial charge >= 0.3 is 0 Å². The third kappa shape index (κ3) is 2.13. The molecule has 0 saturated heterocycles. The number of Topliss-reactive ketones (excluding diaryl/α,β-unsaturated/α-hetero) is 1. The molecule has 1 unspecified atom stereocenters. The average Bonchev–Trinajstić information content (AvgIpc) is 2.86. The van der Waals surface area contributed by atoms with E-state index in [1.165, 1.54) is 5.57 Å². The first-order chi connectivity index (χ1) is 11.3. The average molecular weight is 332 g/mol. The summed E-state index contributed by atoms with van der Waals surface area (Å²) < 4.78 is 0. The van der Waals surface area contributed by atoms with Gasteiger partial charge in [0.05, 0.1) is 12.2 Å². The van der Waals surface area contributed by atoms with Gasteiger partial charge in [-0.05, 0) is 80.5 Å². The first kappa shape index (κ1) is 16.8. The fourth-order valence-electron chi connectivity index (χ4n) is 7.30.